The summed E-state index contributed by atoms with van der Waals surface area (Å²) in [5, 5.41) is -0.501. The Morgan fingerprint density at radius 2 is 1.02 bits per heavy atom. The number of aromatic nitrogens is 4. The van der Waals surface area contributed by atoms with Crippen molar-refractivity contribution in [1.29, 1.82) is 0 Å². The minimum atomic E-state index is -0.631. The maximum atomic E-state index is 9.30. The number of rotatable bonds is 5. The van der Waals surface area contributed by atoms with Gasteiger partial charge in [0.05, 0.1) is 37.3 Å². The van der Waals surface area contributed by atoms with Crippen molar-refractivity contribution in [2.75, 3.05) is 0 Å². The van der Waals surface area contributed by atoms with Crippen LogP contribution >= 0.6 is 0 Å². The van der Waals surface area contributed by atoms with Crippen LogP contribution in [0.1, 0.15) is 20.6 Å². The Balaban J connectivity index is 1.42. The van der Waals surface area contributed by atoms with Crippen LogP contribution in [0, 0.1) is 0 Å². The van der Waals surface area contributed by atoms with Gasteiger partial charge in [0.15, 0.2) is 17.5 Å². The molecule has 0 aliphatic rings. The van der Waals surface area contributed by atoms with Gasteiger partial charge in [-0.05, 0) is 47.4 Å². The summed E-state index contributed by atoms with van der Waals surface area (Å²) >= 11 is 0. The highest BCUT2D eigenvalue weighted by Crippen LogP contribution is 2.41. The molecule has 0 bridgehead atoms. The van der Waals surface area contributed by atoms with Gasteiger partial charge >= 0.3 is 0 Å². The second-order valence-electron chi connectivity index (χ2n) is 11.3. The van der Waals surface area contributed by atoms with Gasteiger partial charge in [-0.1, -0.05) is 133 Å². The highest BCUT2D eigenvalue weighted by atomic mass is 16.3. The molecule has 234 valence electrons. The summed E-state index contributed by atoms with van der Waals surface area (Å²) in [6, 6.07) is 14.0. The van der Waals surface area contributed by atoms with Crippen LogP contribution in [0.3, 0.4) is 0 Å². The van der Waals surface area contributed by atoms with E-state index in [-0.39, 0.29) is 83.6 Å². The van der Waals surface area contributed by atoms with Crippen LogP contribution in [-0.2, 0) is 0 Å². The fourth-order valence-corrected chi connectivity index (χ4v) is 6.23. The Morgan fingerprint density at radius 3 is 1.68 bits per heavy atom. The molecular weight excluding hydrogens is 613 g/mol. The molecule has 7 aromatic carbocycles. The van der Waals surface area contributed by atoms with Crippen LogP contribution in [0.15, 0.2) is 174 Å². The average molecular weight is 656 g/mol. The fraction of sp³-hybridized carbons (Fsp3) is 0. The number of furan rings is 1. The zero-order chi connectivity index (χ0) is 46.1. The lowest BCUT2D eigenvalue weighted by Gasteiger charge is -2.16. The van der Waals surface area contributed by atoms with E-state index in [1.54, 1.807) is 48.5 Å². The zero-order valence-corrected chi connectivity index (χ0v) is 25.7. The lowest BCUT2D eigenvalue weighted by Crippen LogP contribution is -2.04. The monoisotopic (exact) mass is 655 g/mol. The fourth-order valence-electron chi connectivity index (χ4n) is 6.23. The Hall–Kier alpha value is -6.85. The van der Waals surface area contributed by atoms with Crippen molar-refractivity contribution in [3.8, 4) is 51.0 Å². The van der Waals surface area contributed by atoms with E-state index in [4.69, 9.17) is 35.8 Å². The highest BCUT2D eigenvalue weighted by Gasteiger charge is 2.21. The summed E-state index contributed by atoms with van der Waals surface area (Å²) in [7, 11) is 0. The molecule has 0 amide bonds. The van der Waals surface area contributed by atoms with Gasteiger partial charge in [-0.25, -0.2) is 15.0 Å². The van der Waals surface area contributed by atoms with Gasteiger partial charge in [-0.3, -0.25) is 0 Å². The Kier molecular flexibility index (Phi) is 3.87. The molecule has 5 heteroatoms. The second kappa shape index (κ2) is 11.4. The van der Waals surface area contributed by atoms with Crippen molar-refractivity contribution < 1.29 is 25.0 Å². The summed E-state index contributed by atoms with van der Waals surface area (Å²) in [6.45, 7) is 0. The van der Waals surface area contributed by atoms with Crippen LogP contribution in [0.5, 0.6) is 0 Å². The van der Waals surface area contributed by atoms with Crippen molar-refractivity contribution in [1.82, 2.24) is 19.5 Å². The quantitative estimate of drug-likeness (QED) is 0.185. The van der Waals surface area contributed by atoms with E-state index in [0.29, 0.717) is 11.1 Å². The first-order valence-electron chi connectivity index (χ1n) is 23.0. The average Bonchev–Trinajstić information content (AvgIpc) is 3.90. The molecule has 0 saturated heterocycles. The lowest BCUT2D eigenvalue weighted by molar-refractivity contribution is 0.669. The molecule has 0 spiro atoms. The van der Waals surface area contributed by atoms with Gasteiger partial charge in [-0.15, -0.1) is 0 Å². The van der Waals surface area contributed by atoms with Gasteiger partial charge in [0.1, 0.15) is 11.2 Å². The predicted molar refractivity (Wildman–Crippen MR) is 203 cm³/mol. The topological polar surface area (TPSA) is 56.7 Å². The van der Waals surface area contributed by atoms with Crippen molar-refractivity contribution in [2.24, 2.45) is 0 Å². The lowest BCUT2D eigenvalue weighted by atomic mass is 9.96. The van der Waals surface area contributed by atoms with E-state index < -0.39 is 90.6 Å². The number of hydrogen-bond acceptors (Lipinski definition) is 4. The van der Waals surface area contributed by atoms with Gasteiger partial charge in [0, 0.05) is 38.2 Å². The SMILES string of the molecule is [2H]c1c([2H])c([2H])c2c(oc3c([2H])c([2H])c([2H])c(-c4ccc(-n5c6c([2H])c([2H])c([2H])c([2H])c6c6c([2H])c([2H])c([2H])c([2H])c65)c(-c5nc(-c6ccccc6)nc(-c6ccccc6)n5)c4)c32)c1[2H]. The van der Waals surface area contributed by atoms with Crippen LogP contribution < -0.4 is 0 Å². The van der Waals surface area contributed by atoms with E-state index in [0.717, 1.165) is 0 Å². The van der Waals surface area contributed by atoms with E-state index in [1.165, 1.54) is 22.8 Å². The largest absolute Gasteiger partial charge is 0.456 e. The third-order valence-corrected chi connectivity index (χ3v) is 8.45. The maximum Gasteiger partial charge on any atom is 0.166 e. The summed E-state index contributed by atoms with van der Waals surface area (Å²) in [5.41, 5.74) is 0.517. The summed E-state index contributed by atoms with van der Waals surface area (Å²) in [5.74, 6) is 0.393. The van der Waals surface area contributed by atoms with Gasteiger partial charge in [0.2, 0.25) is 0 Å². The molecule has 0 radical (unpaired) electrons. The molecule has 3 heterocycles. The van der Waals surface area contributed by atoms with Crippen molar-refractivity contribution in [3.63, 3.8) is 0 Å². The Labute approximate surface area is 308 Å². The maximum absolute atomic E-state index is 9.30. The van der Waals surface area contributed by atoms with Crippen molar-refractivity contribution in [2.45, 2.75) is 0 Å². The third-order valence-electron chi connectivity index (χ3n) is 8.45. The molecule has 10 rings (SSSR count). The molecule has 10 aromatic rings. The van der Waals surface area contributed by atoms with Crippen LogP contribution in [0.2, 0.25) is 0 Å². The summed E-state index contributed by atoms with van der Waals surface area (Å²) in [4.78, 5) is 14.7. The number of nitrogens with zero attached hydrogens (tertiary/aromatic N) is 4. The van der Waals surface area contributed by atoms with E-state index >= 15 is 0 Å². The first kappa shape index (κ1) is 17.0. The molecular formula is C45H28N4O. The number of para-hydroxylation sites is 3. The molecule has 5 nitrogen and oxygen atoms in total. The molecule has 0 aliphatic heterocycles. The van der Waals surface area contributed by atoms with Gasteiger partial charge < -0.3 is 8.98 Å². The predicted octanol–water partition coefficient (Wildman–Crippen LogP) is 11.5. The highest BCUT2D eigenvalue weighted by molar-refractivity contribution is 6.13. The van der Waals surface area contributed by atoms with E-state index in [2.05, 4.69) is 0 Å². The molecule has 50 heavy (non-hydrogen) atoms. The molecule has 0 atom stereocenters. The Bertz CT molecular complexity index is 3590. The summed E-state index contributed by atoms with van der Waals surface area (Å²) in [6.07, 6.45) is 0. The second-order valence-corrected chi connectivity index (χ2v) is 11.3. The third kappa shape index (κ3) is 4.52. The van der Waals surface area contributed by atoms with E-state index in [9.17, 15) is 4.11 Å². The van der Waals surface area contributed by atoms with Crippen LogP contribution in [0.4, 0.5) is 0 Å². The smallest absolute Gasteiger partial charge is 0.166 e. The number of benzene rings is 7. The minimum absolute atomic E-state index is 0.0313. The van der Waals surface area contributed by atoms with Crippen molar-refractivity contribution >= 4 is 43.7 Å². The molecule has 0 unspecified atom stereocenters. The Morgan fingerprint density at radius 1 is 0.460 bits per heavy atom. The van der Waals surface area contributed by atoms with Gasteiger partial charge in [0.25, 0.3) is 0 Å². The molecule has 0 saturated carbocycles. The molecule has 0 N–H and O–H groups in total. The molecule has 0 aliphatic carbocycles. The normalized spacial score (nSPS) is 15.8. The van der Waals surface area contributed by atoms with Gasteiger partial charge in [-0.2, -0.15) is 0 Å². The minimum Gasteiger partial charge on any atom is -0.456 e. The first-order chi connectivity index (χ1) is 31.0. The first-order valence-corrected chi connectivity index (χ1v) is 15.5. The van der Waals surface area contributed by atoms with Crippen LogP contribution in [-0.4, -0.2) is 19.5 Å². The molecule has 3 aromatic heterocycles. The van der Waals surface area contributed by atoms with Crippen LogP contribution in [0.25, 0.3) is 94.7 Å². The molecule has 0 fully saturated rings. The number of fused-ring (bicyclic) bond motifs is 6. The zero-order valence-electron chi connectivity index (χ0n) is 40.7. The van der Waals surface area contributed by atoms with E-state index in [1.807, 2.05) is 12.1 Å². The standard InChI is InChI=1S/C45H28N4O/c1-3-14-29(15-4-1)43-46-44(30-16-5-2-6-17-30)48-45(47-43)36-28-31(32-21-13-25-41-42(32)35-20-9-12-24-40(35)50-41)26-27-39(36)49-37-22-10-7-18-33(37)34-19-8-11-23-38(34)49/h1-28H/i7D,8D,9D,10D,11D,12D,13D,18D,19D,20D,21D,22D,23D,24D,25D. The van der Waals surface area contributed by atoms with Crippen molar-refractivity contribution in [3.05, 3.63) is 169 Å². The number of hydrogen-bond donors (Lipinski definition) is 0. The summed E-state index contributed by atoms with van der Waals surface area (Å²) < 4.78 is 140.